The number of amides is 2. The topological polar surface area (TPSA) is 66.8 Å². The number of aliphatic hydroxyl groups is 1. The van der Waals surface area contributed by atoms with Crippen molar-refractivity contribution in [3.63, 3.8) is 0 Å². The van der Waals surface area contributed by atoms with Crippen LogP contribution in [0.2, 0.25) is 0 Å². The number of hydrogen-bond acceptors (Lipinski definition) is 4. The largest absolute Gasteiger partial charge is 0.416 e. The molecule has 2 amide bonds. The third-order valence-electron chi connectivity index (χ3n) is 4.83. The Kier molecular flexibility index (Phi) is 2.99. The maximum absolute atomic E-state index is 12.9. The van der Waals surface area contributed by atoms with Crippen LogP contribution in [-0.2, 0) is 20.5 Å². The van der Waals surface area contributed by atoms with E-state index in [4.69, 9.17) is 4.74 Å². The van der Waals surface area contributed by atoms with E-state index in [1.54, 1.807) is 12.2 Å². The minimum absolute atomic E-state index is 0.123. The zero-order valence-electron chi connectivity index (χ0n) is 12.2. The minimum atomic E-state index is -4.58. The highest BCUT2D eigenvalue weighted by Gasteiger charge is 2.67. The molecule has 4 atom stereocenters. The summed E-state index contributed by atoms with van der Waals surface area (Å²) >= 11 is 0. The van der Waals surface area contributed by atoms with Gasteiger partial charge >= 0.3 is 6.18 Å². The number of imide groups is 1. The van der Waals surface area contributed by atoms with Crippen LogP contribution < -0.4 is 4.90 Å². The fourth-order valence-corrected chi connectivity index (χ4v) is 3.76. The van der Waals surface area contributed by atoms with E-state index in [1.807, 2.05) is 0 Å². The molecule has 2 saturated heterocycles. The lowest BCUT2D eigenvalue weighted by Gasteiger charge is -2.26. The van der Waals surface area contributed by atoms with Crippen molar-refractivity contribution in [1.82, 2.24) is 0 Å². The molecule has 0 spiro atoms. The van der Waals surface area contributed by atoms with Gasteiger partial charge in [0.05, 0.1) is 35.8 Å². The van der Waals surface area contributed by atoms with Gasteiger partial charge in [-0.05, 0) is 18.2 Å². The number of carbonyl (C=O) groups excluding carboxylic acids is 2. The summed E-state index contributed by atoms with van der Waals surface area (Å²) in [6.07, 6.45) is -2.06. The van der Waals surface area contributed by atoms with E-state index in [0.717, 1.165) is 23.1 Å². The molecule has 8 heteroatoms. The van der Waals surface area contributed by atoms with Crippen LogP contribution in [0, 0.1) is 11.8 Å². The van der Waals surface area contributed by atoms with Crippen LogP contribution in [-0.4, -0.2) is 35.2 Å². The number of hydrogen-bond donors (Lipinski definition) is 1. The summed E-state index contributed by atoms with van der Waals surface area (Å²) in [6, 6.07) is 4.09. The first kappa shape index (κ1) is 15.3. The SMILES string of the molecule is O=C1[C@@H]2[C@H]3C=C[C@@](CO)(O3)[C@H]2C(=O)N1c1cccc(C(F)(F)F)c1. The van der Waals surface area contributed by atoms with Crippen molar-refractivity contribution < 1.29 is 32.6 Å². The summed E-state index contributed by atoms with van der Waals surface area (Å²) in [5.41, 5.74) is -2.33. The third kappa shape index (κ3) is 1.83. The van der Waals surface area contributed by atoms with E-state index in [0.29, 0.717) is 0 Å². The van der Waals surface area contributed by atoms with Crippen LogP contribution in [0.3, 0.4) is 0 Å². The van der Waals surface area contributed by atoms with Crippen molar-refractivity contribution in [3.8, 4) is 0 Å². The van der Waals surface area contributed by atoms with Gasteiger partial charge in [-0.25, -0.2) is 4.90 Å². The summed E-state index contributed by atoms with van der Waals surface area (Å²) in [7, 11) is 0. The van der Waals surface area contributed by atoms with Crippen LogP contribution in [0.15, 0.2) is 36.4 Å². The number of ether oxygens (including phenoxy) is 1. The van der Waals surface area contributed by atoms with Gasteiger partial charge in [-0.1, -0.05) is 18.2 Å². The van der Waals surface area contributed by atoms with E-state index in [9.17, 15) is 27.9 Å². The Labute approximate surface area is 134 Å². The van der Waals surface area contributed by atoms with Crippen LogP contribution in [0.4, 0.5) is 18.9 Å². The summed E-state index contributed by atoms with van der Waals surface area (Å²) in [6.45, 7) is -0.476. The van der Waals surface area contributed by atoms with E-state index in [-0.39, 0.29) is 5.69 Å². The van der Waals surface area contributed by atoms with Gasteiger partial charge in [0.2, 0.25) is 11.8 Å². The van der Waals surface area contributed by atoms with Gasteiger partial charge in [-0.3, -0.25) is 9.59 Å². The number of nitrogens with zero attached hydrogens (tertiary/aromatic N) is 1. The molecule has 0 aromatic heterocycles. The molecule has 1 N–H and O–H groups in total. The standard InChI is InChI=1S/C16H12F3NO4/c17-16(18,19)8-2-1-3-9(6-8)20-13(22)11-10-4-5-15(7-21,24-10)12(11)14(20)23/h1-6,10-12,21H,7H2/t10-,11-,12-,15+/m1/s1. The van der Waals surface area contributed by atoms with E-state index in [1.165, 1.54) is 6.07 Å². The van der Waals surface area contributed by atoms with Gasteiger partial charge in [0.1, 0.15) is 5.60 Å². The normalized spacial score (nSPS) is 34.3. The van der Waals surface area contributed by atoms with Gasteiger partial charge in [-0.15, -0.1) is 0 Å². The predicted molar refractivity (Wildman–Crippen MR) is 74.7 cm³/mol. The maximum atomic E-state index is 12.9. The van der Waals surface area contributed by atoms with Gasteiger partial charge in [0, 0.05) is 0 Å². The number of rotatable bonds is 2. The van der Waals surface area contributed by atoms with Crippen molar-refractivity contribution >= 4 is 17.5 Å². The van der Waals surface area contributed by atoms with Crippen molar-refractivity contribution in [2.75, 3.05) is 11.5 Å². The first-order valence-electron chi connectivity index (χ1n) is 7.32. The monoisotopic (exact) mass is 339 g/mol. The van der Waals surface area contributed by atoms with E-state index in [2.05, 4.69) is 0 Å². The molecule has 0 saturated carbocycles. The summed E-state index contributed by atoms with van der Waals surface area (Å²) in [5.74, 6) is -2.98. The molecule has 0 aliphatic carbocycles. The van der Waals surface area contributed by atoms with Crippen LogP contribution in [0.25, 0.3) is 0 Å². The number of fused-ring (bicyclic) bond motifs is 5. The lowest BCUT2D eigenvalue weighted by molar-refractivity contribution is -0.138. The fraction of sp³-hybridized carbons (Fsp3) is 0.375. The van der Waals surface area contributed by atoms with Crippen LogP contribution in [0.5, 0.6) is 0 Å². The number of aliphatic hydroxyl groups excluding tert-OH is 1. The predicted octanol–water partition coefficient (Wildman–Crippen LogP) is 1.51. The average Bonchev–Trinajstić information content (AvgIpc) is 3.18. The maximum Gasteiger partial charge on any atom is 0.416 e. The molecular weight excluding hydrogens is 327 g/mol. The van der Waals surface area contributed by atoms with Crippen LogP contribution in [0.1, 0.15) is 5.56 Å². The molecule has 2 bridgehead atoms. The molecule has 4 rings (SSSR count). The van der Waals surface area contributed by atoms with E-state index < -0.39 is 53.7 Å². The molecule has 1 aromatic carbocycles. The second kappa shape index (κ2) is 4.67. The first-order chi connectivity index (χ1) is 11.3. The summed E-state index contributed by atoms with van der Waals surface area (Å²) in [5, 5.41) is 9.59. The van der Waals surface area contributed by atoms with Gasteiger partial charge < -0.3 is 9.84 Å². The lowest BCUT2D eigenvalue weighted by atomic mass is 9.77. The first-order valence-corrected chi connectivity index (χ1v) is 7.32. The molecule has 0 radical (unpaired) electrons. The molecule has 3 aliphatic rings. The molecule has 2 fully saturated rings. The molecule has 3 heterocycles. The quantitative estimate of drug-likeness (QED) is 0.655. The van der Waals surface area contributed by atoms with Gasteiger partial charge in [0.15, 0.2) is 0 Å². The number of halogens is 3. The molecule has 0 unspecified atom stereocenters. The second-order valence-electron chi connectivity index (χ2n) is 6.12. The molecule has 24 heavy (non-hydrogen) atoms. The summed E-state index contributed by atoms with van der Waals surface area (Å²) < 4.78 is 44.2. The molecule has 5 nitrogen and oxygen atoms in total. The van der Waals surface area contributed by atoms with Crippen molar-refractivity contribution in [3.05, 3.63) is 42.0 Å². The van der Waals surface area contributed by atoms with Crippen molar-refractivity contribution in [2.24, 2.45) is 11.8 Å². The lowest BCUT2D eigenvalue weighted by Crippen LogP contribution is -2.43. The molecule has 1 aromatic rings. The Bertz CT molecular complexity index is 775. The molecular formula is C16H12F3NO4. The fourth-order valence-electron chi connectivity index (χ4n) is 3.76. The van der Waals surface area contributed by atoms with Crippen LogP contribution >= 0.6 is 0 Å². The Balaban J connectivity index is 1.75. The number of alkyl halides is 3. The third-order valence-corrected chi connectivity index (χ3v) is 4.83. The Hall–Kier alpha value is -2.19. The van der Waals surface area contributed by atoms with Crippen molar-refractivity contribution in [1.29, 1.82) is 0 Å². The Morgan fingerprint density at radius 2 is 2.00 bits per heavy atom. The highest BCUT2D eigenvalue weighted by Crippen LogP contribution is 2.52. The van der Waals surface area contributed by atoms with Gasteiger partial charge in [0.25, 0.3) is 0 Å². The highest BCUT2D eigenvalue weighted by molar-refractivity contribution is 6.23. The zero-order chi connectivity index (χ0) is 17.3. The zero-order valence-corrected chi connectivity index (χ0v) is 12.2. The summed E-state index contributed by atoms with van der Waals surface area (Å²) in [4.78, 5) is 26.1. The number of carbonyl (C=O) groups is 2. The smallest absolute Gasteiger partial charge is 0.393 e. The van der Waals surface area contributed by atoms with Gasteiger partial charge in [-0.2, -0.15) is 13.2 Å². The number of anilines is 1. The molecule has 3 aliphatic heterocycles. The molecule has 126 valence electrons. The Morgan fingerprint density at radius 3 is 2.67 bits per heavy atom. The minimum Gasteiger partial charge on any atom is -0.393 e. The second-order valence-corrected chi connectivity index (χ2v) is 6.12. The number of benzene rings is 1. The Morgan fingerprint density at radius 1 is 1.25 bits per heavy atom. The highest BCUT2D eigenvalue weighted by atomic mass is 19.4. The van der Waals surface area contributed by atoms with Crippen molar-refractivity contribution in [2.45, 2.75) is 17.9 Å². The average molecular weight is 339 g/mol. The van der Waals surface area contributed by atoms with E-state index >= 15 is 0 Å².